The van der Waals surface area contributed by atoms with Crippen molar-refractivity contribution in [2.45, 2.75) is 20.3 Å². The number of nitro groups is 1. The first kappa shape index (κ1) is 22.6. The third kappa shape index (κ3) is 3.91. The highest BCUT2D eigenvalue weighted by molar-refractivity contribution is 9.10. The lowest BCUT2D eigenvalue weighted by atomic mass is 10.1. The number of aryl methyl sites for hydroxylation is 1. The first-order chi connectivity index (χ1) is 16.9. The first-order valence-electron chi connectivity index (χ1n) is 10.9. The fourth-order valence-corrected chi connectivity index (χ4v) is 4.49. The molecule has 0 aliphatic heterocycles. The standard InChI is InChI=1S/C25H19BrN6O3/c1-3-23-29-21-10-8-16(26)12-19(21)25(33)31(23)28-14-20-15(2)30(22-7-5-4-6-18(20)22)24-11-9-17(13-27-24)32(34)35/h4-14H,3H2,1-2H3. The Morgan fingerprint density at radius 3 is 2.66 bits per heavy atom. The van der Waals surface area contributed by atoms with E-state index in [-0.39, 0.29) is 11.2 Å². The molecule has 0 radical (unpaired) electrons. The maximum Gasteiger partial charge on any atom is 0.287 e. The summed E-state index contributed by atoms with van der Waals surface area (Å²) in [6.45, 7) is 3.85. The Hall–Kier alpha value is -4.18. The minimum atomic E-state index is -0.478. The van der Waals surface area contributed by atoms with Gasteiger partial charge in [0.1, 0.15) is 17.8 Å². The maximum absolute atomic E-state index is 13.3. The number of para-hydroxylation sites is 1. The Morgan fingerprint density at radius 2 is 1.94 bits per heavy atom. The van der Waals surface area contributed by atoms with E-state index in [0.29, 0.717) is 29.0 Å². The van der Waals surface area contributed by atoms with Crippen molar-refractivity contribution in [1.29, 1.82) is 0 Å². The molecule has 9 nitrogen and oxygen atoms in total. The molecule has 3 heterocycles. The number of benzene rings is 2. The smallest absolute Gasteiger partial charge is 0.287 e. The summed E-state index contributed by atoms with van der Waals surface area (Å²) in [6.07, 6.45) is 3.43. The average molecular weight is 531 g/mol. The number of fused-ring (bicyclic) bond motifs is 2. The zero-order valence-corrected chi connectivity index (χ0v) is 20.4. The van der Waals surface area contributed by atoms with Crippen LogP contribution in [0.1, 0.15) is 24.0 Å². The number of halogens is 1. The third-order valence-corrected chi connectivity index (χ3v) is 6.32. The van der Waals surface area contributed by atoms with E-state index in [1.54, 1.807) is 18.3 Å². The highest BCUT2D eigenvalue weighted by atomic mass is 79.9. The van der Waals surface area contributed by atoms with Crippen molar-refractivity contribution >= 4 is 49.6 Å². The van der Waals surface area contributed by atoms with Crippen molar-refractivity contribution in [2.24, 2.45) is 5.10 Å². The van der Waals surface area contributed by atoms with Crippen molar-refractivity contribution in [3.05, 3.63) is 103 Å². The second-order valence-electron chi connectivity index (χ2n) is 7.89. The molecule has 0 aliphatic carbocycles. The topological polar surface area (TPSA) is 108 Å². The zero-order valence-electron chi connectivity index (χ0n) is 18.8. The largest absolute Gasteiger partial charge is 0.298 e. The summed E-state index contributed by atoms with van der Waals surface area (Å²) in [5.41, 5.74) is 2.81. The van der Waals surface area contributed by atoms with Crippen LogP contribution in [0.5, 0.6) is 0 Å². The SMILES string of the molecule is CCc1nc2ccc(Br)cc2c(=O)n1N=Cc1c(C)n(-c2ccc([N+](=O)[O-])cn2)c2ccccc12. The number of hydrogen-bond acceptors (Lipinski definition) is 6. The van der Waals surface area contributed by atoms with Crippen LogP contribution in [0, 0.1) is 17.0 Å². The quantitative estimate of drug-likeness (QED) is 0.177. The predicted octanol–water partition coefficient (Wildman–Crippen LogP) is 5.16. The van der Waals surface area contributed by atoms with Crippen LogP contribution in [-0.4, -0.2) is 30.3 Å². The molecule has 0 atom stereocenters. The fraction of sp³-hybridized carbons (Fsp3) is 0.120. The normalized spacial score (nSPS) is 11.6. The number of hydrogen-bond donors (Lipinski definition) is 0. The van der Waals surface area contributed by atoms with Gasteiger partial charge in [0.25, 0.3) is 11.2 Å². The van der Waals surface area contributed by atoms with Gasteiger partial charge in [0.15, 0.2) is 0 Å². The predicted molar refractivity (Wildman–Crippen MR) is 139 cm³/mol. The van der Waals surface area contributed by atoms with Crippen molar-refractivity contribution in [1.82, 2.24) is 19.2 Å². The molecule has 0 unspecified atom stereocenters. The lowest BCUT2D eigenvalue weighted by molar-refractivity contribution is -0.385. The van der Waals surface area contributed by atoms with Gasteiger partial charge >= 0.3 is 0 Å². The molecule has 0 bridgehead atoms. The molecule has 0 amide bonds. The van der Waals surface area contributed by atoms with E-state index >= 15 is 0 Å². The van der Waals surface area contributed by atoms with E-state index in [4.69, 9.17) is 0 Å². The summed E-state index contributed by atoms with van der Waals surface area (Å²) in [7, 11) is 0. The summed E-state index contributed by atoms with van der Waals surface area (Å²) < 4.78 is 4.04. The molecule has 0 fully saturated rings. The van der Waals surface area contributed by atoms with Gasteiger partial charge in [-0.2, -0.15) is 9.78 Å². The Bertz CT molecular complexity index is 1700. The van der Waals surface area contributed by atoms with Crippen LogP contribution in [-0.2, 0) is 6.42 Å². The fourth-order valence-electron chi connectivity index (χ4n) is 4.13. The van der Waals surface area contributed by atoms with Gasteiger partial charge in [0.05, 0.1) is 27.6 Å². The van der Waals surface area contributed by atoms with Gasteiger partial charge in [-0.3, -0.25) is 19.5 Å². The van der Waals surface area contributed by atoms with E-state index < -0.39 is 4.92 Å². The van der Waals surface area contributed by atoms with Crippen LogP contribution in [0.15, 0.2) is 75.2 Å². The van der Waals surface area contributed by atoms with Crippen LogP contribution in [0.4, 0.5) is 5.69 Å². The van der Waals surface area contributed by atoms with Gasteiger partial charge < -0.3 is 0 Å². The molecule has 35 heavy (non-hydrogen) atoms. The monoisotopic (exact) mass is 530 g/mol. The van der Waals surface area contributed by atoms with Gasteiger partial charge in [-0.25, -0.2) is 9.97 Å². The Labute approximate surface area is 207 Å². The summed E-state index contributed by atoms with van der Waals surface area (Å²) in [4.78, 5) is 32.8. The Kier molecular flexibility index (Phi) is 5.73. The van der Waals surface area contributed by atoms with Gasteiger partial charge in [-0.15, -0.1) is 0 Å². The molecule has 2 aromatic carbocycles. The maximum atomic E-state index is 13.3. The summed E-state index contributed by atoms with van der Waals surface area (Å²) >= 11 is 3.42. The second kappa shape index (κ2) is 8.88. The summed E-state index contributed by atoms with van der Waals surface area (Å²) in [5, 5.41) is 17.0. The van der Waals surface area contributed by atoms with Crippen LogP contribution in [0.3, 0.4) is 0 Å². The summed E-state index contributed by atoms with van der Waals surface area (Å²) in [5.74, 6) is 1.10. The molecule has 5 aromatic rings. The lowest BCUT2D eigenvalue weighted by Crippen LogP contribution is -2.22. The van der Waals surface area contributed by atoms with Gasteiger partial charge in [0.2, 0.25) is 0 Å². The molecule has 10 heteroatoms. The van der Waals surface area contributed by atoms with Gasteiger partial charge in [-0.1, -0.05) is 41.1 Å². The Balaban J connectivity index is 1.68. The first-order valence-corrected chi connectivity index (χ1v) is 11.6. The minimum Gasteiger partial charge on any atom is -0.298 e. The highest BCUT2D eigenvalue weighted by Gasteiger charge is 2.16. The van der Waals surface area contributed by atoms with Crippen molar-refractivity contribution in [3.63, 3.8) is 0 Å². The van der Waals surface area contributed by atoms with Crippen LogP contribution >= 0.6 is 15.9 Å². The molecular weight excluding hydrogens is 512 g/mol. The van der Waals surface area contributed by atoms with E-state index in [1.165, 1.54) is 16.9 Å². The molecule has 0 N–H and O–H groups in total. The van der Waals surface area contributed by atoms with Crippen LogP contribution < -0.4 is 5.56 Å². The van der Waals surface area contributed by atoms with E-state index in [2.05, 4.69) is 31.0 Å². The van der Waals surface area contributed by atoms with Gasteiger partial charge in [-0.05, 0) is 37.3 Å². The van der Waals surface area contributed by atoms with E-state index in [9.17, 15) is 14.9 Å². The van der Waals surface area contributed by atoms with Crippen molar-refractivity contribution in [2.75, 3.05) is 0 Å². The molecule has 3 aromatic heterocycles. The average Bonchev–Trinajstić information content (AvgIpc) is 3.14. The lowest BCUT2D eigenvalue weighted by Gasteiger charge is -2.08. The van der Waals surface area contributed by atoms with E-state index in [0.717, 1.165) is 26.6 Å². The molecule has 0 aliphatic rings. The number of aromatic nitrogens is 4. The van der Waals surface area contributed by atoms with Gasteiger partial charge in [0, 0.05) is 33.6 Å². The van der Waals surface area contributed by atoms with E-state index in [1.807, 2.05) is 54.8 Å². The van der Waals surface area contributed by atoms with Crippen molar-refractivity contribution < 1.29 is 4.92 Å². The molecule has 174 valence electrons. The second-order valence-corrected chi connectivity index (χ2v) is 8.80. The molecule has 5 rings (SSSR count). The molecule has 0 spiro atoms. The molecular formula is C25H19BrN6O3. The highest BCUT2D eigenvalue weighted by Crippen LogP contribution is 2.28. The number of nitrogens with zero attached hydrogens (tertiary/aromatic N) is 6. The Morgan fingerprint density at radius 1 is 1.14 bits per heavy atom. The minimum absolute atomic E-state index is 0.0773. The third-order valence-electron chi connectivity index (χ3n) is 5.83. The van der Waals surface area contributed by atoms with Crippen LogP contribution in [0.2, 0.25) is 0 Å². The van der Waals surface area contributed by atoms with Crippen LogP contribution in [0.25, 0.3) is 27.6 Å². The van der Waals surface area contributed by atoms with Crippen molar-refractivity contribution in [3.8, 4) is 5.82 Å². The zero-order chi connectivity index (χ0) is 24.7. The number of rotatable bonds is 5. The molecule has 0 saturated heterocycles. The summed E-state index contributed by atoms with van der Waals surface area (Å²) in [6, 6.07) is 16.2. The number of pyridine rings is 1. The molecule has 0 saturated carbocycles.